The second kappa shape index (κ2) is 6.48. The van der Waals surface area contributed by atoms with E-state index in [-0.39, 0.29) is 24.0 Å². The molecule has 0 aliphatic heterocycles. The first-order valence-electron chi connectivity index (χ1n) is 5.80. The topological polar surface area (TPSA) is 78.4 Å². The third-order valence-corrected chi connectivity index (χ3v) is 2.79. The summed E-state index contributed by atoms with van der Waals surface area (Å²) in [7, 11) is 0. The number of carbonyl (C=O) groups is 2. The van der Waals surface area contributed by atoms with Gasteiger partial charge in [-0.05, 0) is 25.7 Å². The van der Waals surface area contributed by atoms with Crippen molar-refractivity contribution in [3.05, 3.63) is 0 Å². The summed E-state index contributed by atoms with van der Waals surface area (Å²) in [5.74, 6) is -0.149. The molecule has 0 unspecified atom stereocenters. The van der Waals surface area contributed by atoms with Crippen molar-refractivity contribution in [1.82, 2.24) is 10.6 Å². The van der Waals surface area contributed by atoms with Crippen LogP contribution in [0.3, 0.4) is 0 Å². The van der Waals surface area contributed by atoms with Gasteiger partial charge in [-0.2, -0.15) is 0 Å². The fraction of sp³-hybridized carbons (Fsp3) is 0.818. The largest absolute Gasteiger partial charge is 0.393 e. The number of aliphatic hydroxyl groups excluding tert-OH is 1. The van der Waals surface area contributed by atoms with Crippen LogP contribution in [0.2, 0.25) is 0 Å². The lowest BCUT2D eigenvalue weighted by atomic mass is 9.93. The van der Waals surface area contributed by atoms with Crippen LogP contribution in [0.25, 0.3) is 0 Å². The summed E-state index contributed by atoms with van der Waals surface area (Å²) in [6.45, 7) is 1.82. The van der Waals surface area contributed by atoms with E-state index in [0.29, 0.717) is 13.0 Å². The lowest BCUT2D eigenvalue weighted by Crippen LogP contribution is -2.39. The van der Waals surface area contributed by atoms with Crippen molar-refractivity contribution in [1.29, 1.82) is 0 Å². The predicted octanol–water partition coefficient (Wildman–Crippen LogP) is -0.0677. The highest BCUT2D eigenvalue weighted by Gasteiger charge is 2.20. The van der Waals surface area contributed by atoms with Crippen LogP contribution >= 0.6 is 0 Å². The number of amides is 2. The van der Waals surface area contributed by atoms with Crippen molar-refractivity contribution in [3.8, 4) is 0 Å². The minimum Gasteiger partial charge on any atom is -0.393 e. The van der Waals surface area contributed by atoms with E-state index in [1.165, 1.54) is 6.92 Å². The minimum absolute atomic E-state index is 0.0323. The van der Waals surface area contributed by atoms with E-state index in [1.807, 2.05) is 0 Å². The monoisotopic (exact) mass is 228 g/mol. The van der Waals surface area contributed by atoms with E-state index in [1.54, 1.807) is 0 Å². The molecular formula is C11H20N2O3. The summed E-state index contributed by atoms with van der Waals surface area (Å²) in [5, 5.41) is 14.8. The zero-order valence-electron chi connectivity index (χ0n) is 9.66. The Balaban J connectivity index is 2.11. The van der Waals surface area contributed by atoms with Crippen molar-refractivity contribution in [3.63, 3.8) is 0 Å². The smallest absolute Gasteiger partial charge is 0.221 e. The molecule has 1 aliphatic carbocycles. The first-order valence-corrected chi connectivity index (χ1v) is 5.80. The quantitative estimate of drug-likeness (QED) is 0.630. The fourth-order valence-corrected chi connectivity index (χ4v) is 1.87. The number of hydrogen-bond donors (Lipinski definition) is 3. The van der Waals surface area contributed by atoms with Crippen molar-refractivity contribution in [2.45, 2.75) is 51.2 Å². The van der Waals surface area contributed by atoms with Crippen molar-refractivity contribution < 1.29 is 14.7 Å². The molecule has 5 nitrogen and oxygen atoms in total. The molecule has 0 aromatic rings. The van der Waals surface area contributed by atoms with Gasteiger partial charge in [0, 0.05) is 25.9 Å². The van der Waals surface area contributed by atoms with Crippen LogP contribution < -0.4 is 10.6 Å². The maximum Gasteiger partial charge on any atom is 0.221 e. The van der Waals surface area contributed by atoms with E-state index in [9.17, 15) is 14.7 Å². The van der Waals surface area contributed by atoms with E-state index >= 15 is 0 Å². The van der Waals surface area contributed by atoms with Gasteiger partial charge < -0.3 is 15.7 Å². The van der Waals surface area contributed by atoms with E-state index in [2.05, 4.69) is 10.6 Å². The molecule has 5 heteroatoms. The molecule has 0 radical (unpaired) electrons. The third-order valence-electron chi connectivity index (χ3n) is 2.79. The highest BCUT2D eigenvalue weighted by Crippen LogP contribution is 2.18. The molecule has 0 atom stereocenters. The van der Waals surface area contributed by atoms with Gasteiger partial charge in [-0.1, -0.05) is 0 Å². The summed E-state index contributed by atoms with van der Waals surface area (Å²) >= 11 is 0. The van der Waals surface area contributed by atoms with Crippen LogP contribution in [-0.2, 0) is 9.59 Å². The Kier molecular flexibility index (Phi) is 5.25. The Bertz CT molecular complexity index is 248. The van der Waals surface area contributed by atoms with Crippen LogP contribution in [0.5, 0.6) is 0 Å². The first-order chi connectivity index (χ1) is 7.58. The molecule has 2 amide bonds. The van der Waals surface area contributed by atoms with Crippen molar-refractivity contribution >= 4 is 11.8 Å². The Hall–Kier alpha value is -1.10. The first kappa shape index (κ1) is 13.0. The molecule has 0 spiro atoms. The van der Waals surface area contributed by atoms with Gasteiger partial charge in [-0.25, -0.2) is 0 Å². The Morgan fingerprint density at radius 2 is 1.88 bits per heavy atom. The molecule has 1 fully saturated rings. The molecule has 1 saturated carbocycles. The van der Waals surface area contributed by atoms with Crippen molar-refractivity contribution in [2.75, 3.05) is 6.54 Å². The van der Waals surface area contributed by atoms with Gasteiger partial charge in [0.25, 0.3) is 0 Å². The predicted molar refractivity (Wildman–Crippen MR) is 59.7 cm³/mol. The van der Waals surface area contributed by atoms with Gasteiger partial charge in [-0.3, -0.25) is 9.59 Å². The van der Waals surface area contributed by atoms with Gasteiger partial charge in [0.15, 0.2) is 0 Å². The highest BCUT2D eigenvalue weighted by molar-refractivity contribution is 5.78. The van der Waals surface area contributed by atoms with Gasteiger partial charge in [0.1, 0.15) is 0 Å². The maximum atomic E-state index is 11.4. The van der Waals surface area contributed by atoms with Gasteiger partial charge >= 0.3 is 0 Å². The molecule has 3 N–H and O–H groups in total. The Labute approximate surface area is 95.6 Å². The number of carbonyl (C=O) groups excluding carboxylic acids is 2. The number of nitrogens with one attached hydrogen (secondary N) is 2. The molecular weight excluding hydrogens is 208 g/mol. The summed E-state index contributed by atoms with van der Waals surface area (Å²) in [6, 6.07) is 0.188. The van der Waals surface area contributed by atoms with E-state index in [4.69, 9.17) is 0 Å². The normalized spacial score (nSPS) is 24.9. The molecule has 0 aromatic carbocycles. The average Bonchev–Trinajstić information content (AvgIpc) is 2.21. The van der Waals surface area contributed by atoms with Gasteiger partial charge in [-0.15, -0.1) is 0 Å². The fourth-order valence-electron chi connectivity index (χ4n) is 1.87. The van der Waals surface area contributed by atoms with Crippen LogP contribution in [0.15, 0.2) is 0 Å². The van der Waals surface area contributed by atoms with Crippen LogP contribution in [-0.4, -0.2) is 35.6 Å². The zero-order valence-corrected chi connectivity index (χ0v) is 9.66. The van der Waals surface area contributed by atoms with Crippen molar-refractivity contribution in [2.24, 2.45) is 0 Å². The molecule has 0 saturated heterocycles. The number of hydrogen-bond acceptors (Lipinski definition) is 3. The zero-order chi connectivity index (χ0) is 12.0. The number of aliphatic hydroxyl groups is 1. The van der Waals surface area contributed by atoms with E-state index in [0.717, 1.165) is 25.7 Å². The van der Waals surface area contributed by atoms with E-state index < -0.39 is 0 Å². The third kappa shape index (κ3) is 5.11. The molecule has 1 aliphatic rings. The minimum atomic E-state index is -0.201. The van der Waals surface area contributed by atoms with Crippen LogP contribution in [0.1, 0.15) is 39.0 Å². The summed E-state index contributed by atoms with van der Waals surface area (Å²) in [5.41, 5.74) is 0. The summed E-state index contributed by atoms with van der Waals surface area (Å²) in [4.78, 5) is 22.0. The van der Waals surface area contributed by atoms with Crippen LogP contribution in [0.4, 0.5) is 0 Å². The lowest BCUT2D eigenvalue weighted by Gasteiger charge is -2.26. The number of rotatable bonds is 4. The maximum absolute atomic E-state index is 11.4. The van der Waals surface area contributed by atoms with Gasteiger partial charge in [0.2, 0.25) is 11.8 Å². The SMILES string of the molecule is CC(=O)NCCC(=O)NC1CCC(O)CC1. The molecule has 0 heterocycles. The standard InChI is InChI=1S/C11H20N2O3/c1-8(14)12-7-6-11(16)13-9-2-4-10(15)5-3-9/h9-10,15H,2-7H2,1H3,(H,12,14)(H,13,16). The molecule has 1 rings (SSSR count). The molecule has 16 heavy (non-hydrogen) atoms. The Morgan fingerprint density at radius 3 is 2.44 bits per heavy atom. The van der Waals surface area contributed by atoms with Gasteiger partial charge in [0.05, 0.1) is 6.10 Å². The summed E-state index contributed by atoms with van der Waals surface area (Å²) < 4.78 is 0. The summed E-state index contributed by atoms with van der Waals surface area (Å²) in [6.07, 6.45) is 3.32. The molecule has 92 valence electrons. The molecule has 0 aromatic heterocycles. The second-order valence-corrected chi connectivity index (χ2v) is 4.31. The second-order valence-electron chi connectivity index (χ2n) is 4.31. The average molecular weight is 228 g/mol. The Morgan fingerprint density at radius 1 is 1.25 bits per heavy atom. The lowest BCUT2D eigenvalue weighted by molar-refractivity contribution is -0.122. The molecule has 0 bridgehead atoms. The highest BCUT2D eigenvalue weighted by atomic mass is 16.3. The van der Waals surface area contributed by atoms with Crippen LogP contribution in [0, 0.1) is 0 Å².